The summed E-state index contributed by atoms with van der Waals surface area (Å²) in [6, 6.07) is 7.23. The molecule has 0 spiro atoms. The fourth-order valence-electron chi connectivity index (χ4n) is 2.15. The van der Waals surface area contributed by atoms with Gasteiger partial charge in [0.25, 0.3) is 5.91 Å². The van der Waals surface area contributed by atoms with Gasteiger partial charge in [-0.25, -0.2) is 0 Å². The third-order valence-corrected chi connectivity index (χ3v) is 3.42. The van der Waals surface area contributed by atoms with Crippen molar-refractivity contribution >= 4 is 5.91 Å². The SMILES string of the molecule is CC(C)Oc1cccc(C(=O)NCC2(N)CCC2)c1. The number of nitrogens with one attached hydrogen (secondary N) is 1. The molecular weight excluding hydrogens is 240 g/mol. The van der Waals surface area contributed by atoms with Crippen LogP contribution in [0.4, 0.5) is 0 Å². The molecule has 1 fully saturated rings. The predicted molar refractivity (Wildman–Crippen MR) is 75.3 cm³/mol. The summed E-state index contributed by atoms with van der Waals surface area (Å²) in [4.78, 5) is 12.0. The van der Waals surface area contributed by atoms with Crippen LogP contribution in [0.2, 0.25) is 0 Å². The van der Waals surface area contributed by atoms with E-state index in [1.165, 1.54) is 0 Å². The summed E-state index contributed by atoms with van der Waals surface area (Å²) in [5.74, 6) is 0.625. The molecule has 1 amide bonds. The molecule has 2 rings (SSSR count). The standard InChI is InChI=1S/C15H22N2O2/c1-11(2)19-13-6-3-5-12(9-13)14(18)17-10-15(16)7-4-8-15/h3,5-6,9,11H,4,7-8,10,16H2,1-2H3,(H,17,18). The molecular formula is C15H22N2O2. The van der Waals surface area contributed by atoms with Crippen LogP contribution in [0.3, 0.4) is 0 Å². The van der Waals surface area contributed by atoms with E-state index in [9.17, 15) is 4.79 Å². The molecule has 0 radical (unpaired) electrons. The highest BCUT2D eigenvalue weighted by Crippen LogP contribution is 2.28. The maximum absolute atomic E-state index is 12.0. The molecule has 1 saturated carbocycles. The number of carbonyl (C=O) groups is 1. The van der Waals surface area contributed by atoms with E-state index >= 15 is 0 Å². The summed E-state index contributed by atoms with van der Waals surface area (Å²) in [5, 5.41) is 2.90. The van der Waals surface area contributed by atoms with Gasteiger partial charge < -0.3 is 15.8 Å². The lowest BCUT2D eigenvalue weighted by Gasteiger charge is -2.38. The molecule has 1 aromatic rings. The largest absolute Gasteiger partial charge is 0.491 e. The third-order valence-electron chi connectivity index (χ3n) is 3.42. The average Bonchev–Trinajstić information content (AvgIpc) is 2.33. The van der Waals surface area contributed by atoms with Crippen LogP contribution in [0.1, 0.15) is 43.5 Å². The van der Waals surface area contributed by atoms with Gasteiger partial charge in [-0.1, -0.05) is 6.07 Å². The highest BCUT2D eigenvalue weighted by Gasteiger charge is 2.32. The lowest BCUT2D eigenvalue weighted by atomic mass is 9.78. The molecule has 1 aliphatic carbocycles. The lowest BCUT2D eigenvalue weighted by molar-refractivity contribution is 0.0929. The van der Waals surface area contributed by atoms with Crippen LogP contribution >= 0.6 is 0 Å². The molecule has 0 bridgehead atoms. The molecule has 0 aliphatic heterocycles. The van der Waals surface area contributed by atoms with Gasteiger partial charge in [-0.2, -0.15) is 0 Å². The van der Waals surface area contributed by atoms with Gasteiger partial charge >= 0.3 is 0 Å². The van der Waals surface area contributed by atoms with Crippen LogP contribution in [0.25, 0.3) is 0 Å². The minimum Gasteiger partial charge on any atom is -0.491 e. The Labute approximate surface area is 114 Å². The average molecular weight is 262 g/mol. The quantitative estimate of drug-likeness (QED) is 0.854. The van der Waals surface area contributed by atoms with Gasteiger partial charge in [-0.05, 0) is 51.3 Å². The molecule has 3 N–H and O–H groups in total. The van der Waals surface area contributed by atoms with E-state index in [4.69, 9.17) is 10.5 Å². The van der Waals surface area contributed by atoms with Crippen LogP contribution in [0.5, 0.6) is 5.75 Å². The monoisotopic (exact) mass is 262 g/mol. The van der Waals surface area contributed by atoms with Gasteiger partial charge in [-0.3, -0.25) is 4.79 Å². The number of amides is 1. The van der Waals surface area contributed by atoms with Crippen molar-refractivity contribution in [1.82, 2.24) is 5.32 Å². The minimum absolute atomic E-state index is 0.0917. The van der Waals surface area contributed by atoms with Crippen molar-refractivity contribution in [3.63, 3.8) is 0 Å². The van der Waals surface area contributed by atoms with Gasteiger partial charge in [-0.15, -0.1) is 0 Å². The number of rotatable bonds is 5. The summed E-state index contributed by atoms with van der Waals surface area (Å²) < 4.78 is 5.58. The molecule has 1 aliphatic rings. The van der Waals surface area contributed by atoms with Crippen molar-refractivity contribution in [2.75, 3.05) is 6.54 Å². The molecule has 104 valence electrons. The molecule has 0 unspecified atom stereocenters. The molecule has 0 heterocycles. The second kappa shape index (κ2) is 5.61. The molecule has 4 nitrogen and oxygen atoms in total. The highest BCUT2D eigenvalue weighted by atomic mass is 16.5. The zero-order valence-corrected chi connectivity index (χ0v) is 11.6. The van der Waals surface area contributed by atoms with E-state index in [0.29, 0.717) is 17.9 Å². The molecule has 0 atom stereocenters. The zero-order valence-electron chi connectivity index (χ0n) is 11.6. The van der Waals surface area contributed by atoms with Gasteiger partial charge in [0.15, 0.2) is 0 Å². The summed E-state index contributed by atoms with van der Waals surface area (Å²) in [6.07, 6.45) is 3.23. The van der Waals surface area contributed by atoms with Crippen LogP contribution < -0.4 is 15.8 Å². The number of benzene rings is 1. The Hall–Kier alpha value is -1.55. The van der Waals surface area contributed by atoms with E-state index < -0.39 is 0 Å². The molecule has 1 aromatic carbocycles. The number of hydrogen-bond donors (Lipinski definition) is 2. The third kappa shape index (κ3) is 3.70. The number of carbonyl (C=O) groups excluding carboxylic acids is 1. The van der Waals surface area contributed by atoms with E-state index in [-0.39, 0.29) is 17.6 Å². The molecule has 19 heavy (non-hydrogen) atoms. The first-order chi connectivity index (χ1) is 8.98. The number of ether oxygens (including phenoxy) is 1. The fraction of sp³-hybridized carbons (Fsp3) is 0.533. The van der Waals surface area contributed by atoms with E-state index in [2.05, 4.69) is 5.32 Å². The van der Waals surface area contributed by atoms with Crippen molar-refractivity contribution in [1.29, 1.82) is 0 Å². The highest BCUT2D eigenvalue weighted by molar-refractivity contribution is 5.94. The lowest BCUT2D eigenvalue weighted by Crippen LogP contribution is -2.54. The Morgan fingerprint density at radius 3 is 2.79 bits per heavy atom. The Bertz CT molecular complexity index is 453. The smallest absolute Gasteiger partial charge is 0.251 e. The Morgan fingerprint density at radius 1 is 1.47 bits per heavy atom. The Morgan fingerprint density at radius 2 is 2.21 bits per heavy atom. The Balaban J connectivity index is 1.94. The first kappa shape index (κ1) is 13.9. The van der Waals surface area contributed by atoms with Gasteiger partial charge in [0.1, 0.15) is 5.75 Å². The normalized spacial score (nSPS) is 16.8. The molecule has 4 heteroatoms. The topological polar surface area (TPSA) is 64.3 Å². The fourth-order valence-corrected chi connectivity index (χ4v) is 2.15. The van der Waals surface area contributed by atoms with Crippen LogP contribution in [-0.4, -0.2) is 24.1 Å². The van der Waals surface area contributed by atoms with Crippen molar-refractivity contribution < 1.29 is 9.53 Å². The van der Waals surface area contributed by atoms with E-state index in [1.807, 2.05) is 26.0 Å². The van der Waals surface area contributed by atoms with Crippen LogP contribution in [-0.2, 0) is 0 Å². The minimum atomic E-state index is -0.193. The maximum atomic E-state index is 12.0. The Kier molecular flexibility index (Phi) is 4.10. The maximum Gasteiger partial charge on any atom is 0.251 e. The molecule has 0 aromatic heterocycles. The first-order valence-electron chi connectivity index (χ1n) is 6.82. The zero-order chi connectivity index (χ0) is 13.9. The summed E-state index contributed by atoms with van der Waals surface area (Å²) in [6.45, 7) is 4.46. The van der Waals surface area contributed by atoms with Crippen LogP contribution in [0.15, 0.2) is 24.3 Å². The van der Waals surface area contributed by atoms with Crippen molar-refractivity contribution in [3.05, 3.63) is 29.8 Å². The van der Waals surface area contributed by atoms with Crippen molar-refractivity contribution in [2.45, 2.75) is 44.8 Å². The number of nitrogens with two attached hydrogens (primary N) is 1. The number of hydrogen-bond acceptors (Lipinski definition) is 3. The van der Waals surface area contributed by atoms with Crippen molar-refractivity contribution in [3.8, 4) is 5.75 Å². The van der Waals surface area contributed by atoms with Crippen molar-refractivity contribution in [2.24, 2.45) is 5.73 Å². The first-order valence-corrected chi connectivity index (χ1v) is 6.82. The summed E-state index contributed by atoms with van der Waals surface area (Å²) in [5.41, 5.74) is 6.50. The second-order valence-corrected chi connectivity index (χ2v) is 5.59. The molecule has 0 saturated heterocycles. The van der Waals surface area contributed by atoms with E-state index in [1.54, 1.807) is 12.1 Å². The summed E-state index contributed by atoms with van der Waals surface area (Å²) in [7, 11) is 0. The van der Waals surface area contributed by atoms with Gasteiger partial charge in [0.05, 0.1) is 6.10 Å². The van der Waals surface area contributed by atoms with Crippen LogP contribution in [0, 0.1) is 0 Å². The van der Waals surface area contributed by atoms with E-state index in [0.717, 1.165) is 19.3 Å². The van der Waals surface area contributed by atoms with Gasteiger partial charge in [0, 0.05) is 17.6 Å². The summed E-state index contributed by atoms with van der Waals surface area (Å²) >= 11 is 0. The second-order valence-electron chi connectivity index (χ2n) is 5.59. The van der Waals surface area contributed by atoms with Gasteiger partial charge in [0.2, 0.25) is 0 Å². The predicted octanol–water partition coefficient (Wildman–Crippen LogP) is 2.08.